The Morgan fingerprint density at radius 1 is 0.909 bits per heavy atom. The van der Waals surface area contributed by atoms with Crippen LogP contribution in [0.4, 0.5) is 0 Å². The summed E-state index contributed by atoms with van der Waals surface area (Å²) in [5, 5.41) is 6.05. The normalized spacial score (nSPS) is 12.5. The Bertz CT molecular complexity index is 1110. The van der Waals surface area contributed by atoms with Gasteiger partial charge in [0.2, 0.25) is 0 Å². The zero-order chi connectivity index (χ0) is 24.0. The van der Waals surface area contributed by atoms with Gasteiger partial charge in [-0.05, 0) is 61.8 Å². The van der Waals surface area contributed by atoms with Gasteiger partial charge in [0.15, 0.2) is 0 Å². The maximum absolute atomic E-state index is 12.1. The zero-order valence-electron chi connectivity index (χ0n) is 18.8. The van der Waals surface area contributed by atoms with Crippen LogP contribution in [0.15, 0.2) is 41.6 Å². The lowest BCUT2D eigenvalue weighted by Crippen LogP contribution is -2.30. The number of fused-ring (bicyclic) bond motifs is 1. The highest BCUT2D eigenvalue weighted by Crippen LogP contribution is 2.37. The molecule has 33 heavy (non-hydrogen) atoms. The summed E-state index contributed by atoms with van der Waals surface area (Å²) in [5.74, 6) is 0. The lowest BCUT2D eigenvalue weighted by atomic mass is 9.98. The molecule has 0 spiro atoms. The van der Waals surface area contributed by atoms with Crippen LogP contribution >= 0.6 is 46.4 Å². The zero-order valence-corrected chi connectivity index (χ0v) is 21.8. The SMILES string of the molecule is CCCCN(CCCC)CC(N=O)c1cc(-c2ccc(Cl)c(Cl)c2)nc2c(Cl)cc(Cl)cc12. The molecule has 0 saturated carbocycles. The molecule has 0 amide bonds. The second-order valence-electron chi connectivity index (χ2n) is 8.14. The number of aromatic nitrogens is 1. The van der Waals surface area contributed by atoms with Gasteiger partial charge in [-0.3, -0.25) is 0 Å². The van der Waals surface area contributed by atoms with E-state index in [2.05, 4.69) is 23.9 Å². The highest BCUT2D eigenvalue weighted by molar-refractivity contribution is 6.42. The molecule has 4 nitrogen and oxygen atoms in total. The summed E-state index contributed by atoms with van der Waals surface area (Å²) in [6.07, 6.45) is 4.32. The lowest BCUT2D eigenvalue weighted by Gasteiger charge is -2.25. The minimum absolute atomic E-state index is 0.416. The highest BCUT2D eigenvalue weighted by Gasteiger charge is 2.22. The van der Waals surface area contributed by atoms with Crippen LogP contribution in [0.1, 0.15) is 51.1 Å². The van der Waals surface area contributed by atoms with Gasteiger partial charge in [-0.1, -0.05) is 84.3 Å². The third-order valence-corrected chi connectivity index (χ3v) is 6.90. The van der Waals surface area contributed by atoms with Gasteiger partial charge in [0.05, 0.1) is 26.3 Å². The fraction of sp³-hybridized carbons (Fsp3) is 0.400. The number of rotatable bonds is 11. The molecular weight excluding hydrogens is 500 g/mol. The van der Waals surface area contributed by atoms with Gasteiger partial charge < -0.3 is 4.90 Å². The number of hydrogen-bond donors (Lipinski definition) is 0. The van der Waals surface area contributed by atoms with Crippen LogP contribution in [0.3, 0.4) is 0 Å². The summed E-state index contributed by atoms with van der Waals surface area (Å²) < 4.78 is 0. The van der Waals surface area contributed by atoms with Crippen molar-refractivity contribution < 1.29 is 0 Å². The average Bonchev–Trinajstić information content (AvgIpc) is 2.80. The molecule has 0 fully saturated rings. The maximum atomic E-state index is 12.1. The standard InChI is InChI=1S/C25H27Cl4N3O/c1-3-5-9-32(10-6-4-2)15-24(31-33)18-14-23(16-7-8-20(27)21(28)11-16)30-25-19(18)12-17(26)13-22(25)29/h7-8,11-14,24H,3-6,9-10,15H2,1-2H3. The van der Waals surface area contributed by atoms with Gasteiger partial charge in [-0.2, -0.15) is 4.91 Å². The van der Waals surface area contributed by atoms with Crippen LogP contribution in [-0.2, 0) is 0 Å². The van der Waals surface area contributed by atoms with E-state index in [1.165, 1.54) is 0 Å². The molecular formula is C25H27Cl4N3O. The van der Waals surface area contributed by atoms with E-state index in [1.54, 1.807) is 24.3 Å². The summed E-state index contributed by atoms with van der Waals surface area (Å²) in [7, 11) is 0. The Morgan fingerprint density at radius 2 is 1.61 bits per heavy atom. The van der Waals surface area contributed by atoms with Crippen LogP contribution in [0.5, 0.6) is 0 Å². The Morgan fingerprint density at radius 3 is 2.21 bits per heavy atom. The Balaban J connectivity index is 2.13. The number of pyridine rings is 1. The third kappa shape index (κ3) is 6.58. The van der Waals surface area contributed by atoms with Crippen molar-refractivity contribution in [3.63, 3.8) is 0 Å². The van der Waals surface area contributed by atoms with Crippen LogP contribution in [0.25, 0.3) is 22.2 Å². The number of hydrogen-bond acceptors (Lipinski definition) is 4. The predicted molar refractivity (Wildman–Crippen MR) is 142 cm³/mol. The lowest BCUT2D eigenvalue weighted by molar-refractivity contribution is 0.250. The molecule has 0 aliphatic carbocycles. The van der Waals surface area contributed by atoms with Crippen molar-refractivity contribution in [2.24, 2.45) is 5.18 Å². The van der Waals surface area contributed by atoms with E-state index in [4.69, 9.17) is 51.4 Å². The Labute approximate surface area is 215 Å². The molecule has 1 aromatic heterocycles. The number of nitroso groups, excluding NO2 is 1. The first kappa shape index (κ1) is 26.2. The summed E-state index contributed by atoms with van der Waals surface area (Å²) in [6.45, 7) is 6.70. The molecule has 0 N–H and O–H groups in total. The van der Waals surface area contributed by atoms with Crippen molar-refractivity contribution in [3.05, 3.63) is 67.0 Å². The smallest absolute Gasteiger partial charge is 0.130 e. The minimum Gasteiger partial charge on any atom is -0.301 e. The van der Waals surface area contributed by atoms with Crippen molar-refractivity contribution in [2.75, 3.05) is 19.6 Å². The van der Waals surface area contributed by atoms with Crippen LogP contribution < -0.4 is 0 Å². The first-order valence-corrected chi connectivity index (χ1v) is 12.7. The summed E-state index contributed by atoms with van der Waals surface area (Å²) in [4.78, 5) is 19.2. The second kappa shape index (κ2) is 12.3. The topological polar surface area (TPSA) is 45.6 Å². The van der Waals surface area contributed by atoms with E-state index in [9.17, 15) is 4.91 Å². The molecule has 1 heterocycles. The third-order valence-electron chi connectivity index (χ3n) is 5.65. The molecule has 3 rings (SSSR count). The first-order valence-electron chi connectivity index (χ1n) is 11.2. The molecule has 3 aromatic rings. The van der Waals surface area contributed by atoms with Gasteiger partial charge >= 0.3 is 0 Å². The van der Waals surface area contributed by atoms with Gasteiger partial charge in [0.1, 0.15) is 6.04 Å². The first-order chi connectivity index (χ1) is 15.9. The number of benzene rings is 2. The number of halogens is 4. The Hall–Kier alpha value is -1.43. The average molecular weight is 527 g/mol. The molecule has 8 heteroatoms. The second-order valence-corrected chi connectivity index (χ2v) is 9.80. The van der Waals surface area contributed by atoms with Gasteiger partial charge in [-0.15, -0.1) is 0 Å². The van der Waals surface area contributed by atoms with Crippen LogP contribution in [0, 0.1) is 4.91 Å². The van der Waals surface area contributed by atoms with E-state index in [-0.39, 0.29) is 0 Å². The number of unbranched alkanes of at least 4 members (excludes halogenated alkanes) is 2. The molecule has 1 atom stereocenters. The molecule has 0 bridgehead atoms. The van der Waals surface area contributed by atoms with E-state index in [1.807, 2.05) is 12.1 Å². The van der Waals surface area contributed by atoms with E-state index in [0.717, 1.165) is 55.3 Å². The van der Waals surface area contributed by atoms with E-state index in [0.29, 0.717) is 37.8 Å². The number of nitrogens with zero attached hydrogens (tertiary/aromatic N) is 3. The van der Waals surface area contributed by atoms with Gasteiger partial charge in [0, 0.05) is 22.5 Å². The highest BCUT2D eigenvalue weighted by atomic mass is 35.5. The van der Waals surface area contributed by atoms with E-state index < -0.39 is 6.04 Å². The largest absolute Gasteiger partial charge is 0.301 e. The fourth-order valence-electron chi connectivity index (χ4n) is 3.85. The molecule has 176 valence electrons. The molecule has 0 aliphatic rings. The van der Waals surface area contributed by atoms with Crippen molar-refractivity contribution in [2.45, 2.75) is 45.6 Å². The summed E-state index contributed by atoms with van der Waals surface area (Å²) in [5.41, 5.74) is 2.74. The van der Waals surface area contributed by atoms with E-state index >= 15 is 0 Å². The monoisotopic (exact) mass is 525 g/mol. The molecule has 1 unspecified atom stereocenters. The van der Waals surface area contributed by atoms with Crippen molar-refractivity contribution in [1.82, 2.24) is 9.88 Å². The van der Waals surface area contributed by atoms with Crippen molar-refractivity contribution in [1.29, 1.82) is 0 Å². The maximum Gasteiger partial charge on any atom is 0.130 e. The predicted octanol–water partition coefficient (Wildman–Crippen LogP) is 9.23. The van der Waals surface area contributed by atoms with Gasteiger partial charge in [-0.25, -0.2) is 4.98 Å². The molecule has 2 aromatic carbocycles. The quantitative estimate of drug-likeness (QED) is 0.234. The molecule has 0 radical (unpaired) electrons. The van der Waals surface area contributed by atoms with Crippen LogP contribution in [0.2, 0.25) is 20.1 Å². The van der Waals surface area contributed by atoms with Crippen molar-refractivity contribution in [3.8, 4) is 11.3 Å². The van der Waals surface area contributed by atoms with Crippen molar-refractivity contribution >= 4 is 57.3 Å². The summed E-state index contributed by atoms with van der Waals surface area (Å²) >= 11 is 25.2. The van der Waals surface area contributed by atoms with Crippen LogP contribution in [-0.4, -0.2) is 29.5 Å². The Kier molecular flexibility index (Phi) is 9.78. The fourth-order valence-corrected chi connectivity index (χ4v) is 4.68. The molecule has 0 aliphatic heterocycles. The molecule has 0 saturated heterocycles. The minimum atomic E-state index is -0.597. The summed E-state index contributed by atoms with van der Waals surface area (Å²) in [6, 6.07) is 10.1. The van der Waals surface area contributed by atoms with Gasteiger partial charge in [0.25, 0.3) is 0 Å².